The van der Waals surface area contributed by atoms with E-state index in [2.05, 4.69) is 4.98 Å². The van der Waals surface area contributed by atoms with Gasteiger partial charge in [-0.3, -0.25) is 9.36 Å². The van der Waals surface area contributed by atoms with E-state index in [1.54, 1.807) is 32.2 Å². The molecule has 6 heteroatoms. The van der Waals surface area contributed by atoms with Gasteiger partial charge in [-0.25, -0.2) is 4.98 Å². The predicted octanol–water partition coefficient (Wildman–Crippen LogP) is 1.22. The molecule has 0 aliphatic heterocycles. The van der Waals surface area contributed by atoms with Gasteiger partial charge in [0.1, 0.15) is 29.8 Å². The van der Waals surface area contributed by atoms with Crippen molar-refractivity contribution in [1.82, 2.24) is 9.55 Å². The van der Waals surface area contributed by atoms with Gasteiger partial charge >= 0.3 is 0 Å². The second-order valence-electron chi connectivity index (χ2n) is 4.29. The summed E-state index contributed by atoms with van der Waals surface area (Å²) in [5.41, 5.74) is 0.385. The second kappa shape index (κ2) is 5.59. The van der Waals surface area contributed by atoms with E-state index in [1.807, 2.05) is 0 Å². The smallest absolute Gasteiger partial charge is 0.261 e. The Morgan fingerprint density at radius 3 is 2.95 bits per heavy atom. The summed E-state index contributed by atoms with van der Waals surface area (Å²) in [6.45, 7) is 1.82. The Labute approximate surface area is 115 Å². The Kier molecular flexibility index (Phi) is 4.07. The molecule has 0 aliphatic rings. The molecule has 1 N–H and O–H groups in total. The van der Waals surface area contributed by atoms with E-state index >= 15 is 0 Å². The molecule has 19 heavy (non-hydrogen) atoms. The van der Waals surface area contributed by atoms with E-state index in [0.717, 1.165) is 0 Å². The van der Waals surface area contributed by atoms with Crippen molar-refractivity contribution in [1.29, 1.82) is 0 Å². The molecule has 0 aliphatic carbocycles. The monoisotopic (exact) mass is 282 g/mol. The summed E-state index contributed by atoms with van der Waals surface area (Å²) < 4.78 is 6.96. The maximum absolute atomic E-state index is 12.1. The van der Waals surface area contributed by atoms with Crippen molar-refractivity contribution in [3.8, 4) is 5.75 Å². The first kappa shape index (κ1) is 13.8. The number of rotatable bonds is 4. The fraction of sp³-hybridized carbons (Fsp3) is 0.385. The molecule has 1 aromatic carbocycles. The molecule has 0 spiro atoms. The van der Waals surface area contributed by atoms with Gasteiger partial charge in [0.25, 0.3) is 5.56 Å². The molecule has 1 atom stereocenters. The molecule has 0 amide bonds. The number of aliphatic hydroxyl groups excluding tert-OH is 1. The third-order valence-corrected chi connectivity index (χ3v) is 3.26. The van der Waals surface area contributed by atoms with Crippen LogP contribution in [-0.2, 0) is 7.05 Å². The van der Waals surface area contributed by atoms with Crippen molar-refractivity contribution in [3.63, 3.8) is 0 Å². The summed E-state index contributed by atoms with van der Waals surface area (Å²) in [6.07, 6.45) is -0.746. The average Bonchev–Trinajstić information content (AvgIpc) is 2.42. The third-order valence-electron chi connectivity index (χ3n) is 2.90. The molecule has 1 unspecified atom stereocenters. The lowest BCUT2D eigenvalue weighted by Crippen LogP contribution is -2.22. The van der Waals surface area contributed by atoms with Crippen LogP contribution in [-0.4, -0.2) is 33.2 Å². The Morgan fingerprint density at radius 2 is 2.26 bits per heavy atom. The predicted molar refractivity (Wildman–Crippen MR) is 73.9 cm³/mol. The zero-order chi connectivity index (χ0) is 14.0. The number of aromatic nitrogens is 2. The van der Waals surface area contributed by atoms with Crippen molar-refractivity contribution < 1.29 is 9.84 Å². The van der Waals surface area contributed by atoms with Gasteiger partial charge in [0.2, 0.25) is 0 Å². The van der Waals surface area contributed by atoms with Crippen LogP contribution in [0.2, 0.25) is 0 Å². The van der Waals surface area contributed by atoms with E-state index in [-0.39, 0.29) is 18.0 Å². The quantitative estimate of drug-likeness (QED) is 0.857. The van der Waals surface area contributed by atoms with E-state index in [0.29, 0.717) is 22.5 Å². The Hall–Kier alpha value is -1.59. The minimum atomic E-state index is -0.746. The number of fused-ring (bicyclic) bond motifs is 1. The molecule has 2 rings (SSSR count). The highest BCUT2D eigenvalue weighted by Gasteiger charge is 2.11. The Morgan fingerprint density at radius 1 is 1.53 bits per heavy atom. The van der Waals surface area contributed by atoms with E-state index < -0.39 is 6.10 Å². The van der Waals surface area contributed by atoms with Crippen molar-refractivity contribution in [3.05, 3.63) is 34.4 Å². The zero-order valence-electron chi connectivity index (χ0n) is 10.8. The maximum atomic E-state index is 12.1. The van der Waals surface area contributed by atoms with Crippen LogP contribution in [0.3, 0.4) is 0 Å². The summed E-state index contributed by atoms with van der Waals surface area (Å²) in [6, 6.07) is 5.15. The van der Waals surface area contributed by atoms with Crippen LogP contribution in [0.4, 0.5) is 0 Å². The fourth-order valence-electron chi connectivity index (χ4n) is 1.72. The van der Waals surface area contributed by atoms with Gasteiger partial charge in [0.05, 0.1) is 11.3 Å². The van der Waals surface area contributed by atoms with Gasteiger partial charge in [-0.2, -0.15) is 0 Å². The molecule has 0 saturated heterocycles. The summed E-state index contributed by atoms with van der Waals surface area (Å²) >= 11 is 5.51. The Balaban J connectivity index is 2.48. The van der Waals surface area contributed by atoms with Gasteiger partial charge < -0.3 is 9.84 Å². The lowest BCUT2D eigenvalue weighted by atomic mass is 10.2. The minimum Gasteiger partial charge on any atom is -0.489 e. The molecular weight excluding hydrogens is 268 g/mol. The highest BCUT2D eigenvalue weighted by Crippen LogP contribution is 2.21. The van der Waals surface area contributed by atoms with Crippen molar-refractivity contribution in [2.24, 2.45) is 7.05 Å². The number of aryl methyl sites for hydroxylation is 1. The molecule has 0 saturated carbocycles. The molecule has 0 radical (unpaired) electrons. The first-order valence-electron chi connectivity index (χ1n) is 5.87. The summed E-state index contributed by atoms with van der Waals surface area (Å²) in [5, 5.41) is 9.89. The number of nitrogens with zero attached hydrogens (tertiary/aromatic N) is 2. The van der Waals surface area contributed by atoms with Crippen LogP contribution in [0.25, 0.3) is 10.9 Å². The molecule has 1 heterocycles. The number of ether oxygens (including phenoxy) is 1. The molecule has 0 bridgehead atoms. The van der Waals surface area contributed by atoms with Gasteiger partial charge in [-0.05, 0) is 19.1 Å². The van der Waals surface area contributed by atoms with Crippen LogP contribution in [0, 0.1) is 6.92 Å². The normalized spacial score (nSPS) is 12.6. The van der Waals surface area contributed by atoms with Crippen LogP contribution in [0.5, 0.6) is 5.75 Å². The van der Waals surface area contributed by atoms with Gasteiger partial charge in [-0.15, -0.1) is 11.6 Å². The molecule has 5 nitrogen and oxygen atoms in total. The standard InChI is InChI=1S/C13H15ClN2O3/c1-8-15-12-10(13(18)16(8)2)4-3-5-11(12)19-7-9(17)6-14/h3-5,9,17H,6-7H2,1-2H3. The van der Waals surface area contributed by atoms with Crippen LogP contribution < -0.4 is 10.3 Å². The topological polar surface area (TPSA) is 64.3 Å². The summed E-state index contributed by atoms with van der Waals surface area (Å²) in [5.74, 6) is 1.17. The van der Waals surface area contributed by atoms with Crippen molar-refractivity contribution in [2.45, 2.75) is 13.0 Å². The number of hydrogen-bond donors (Lipinski definition) is 1. The molecule has 2 aromatic rings. The highest BCUT2D eigenvalue weighted by atomic mass is 35.5. The second-order valence-corrected chi connectivity index (χ2v) is 4.60. The number of hydrogen-bond acceptors (Lipinski definition) is 4. The fourth-order valence-corrected chi connectivity index (χ4v) is 1.81. The van der Waals surface area contributed by atoms with Crippen molar-refractivity contribution in [2.75, 3.05) is 12.5 Å². The van der Waals surface area contributed by atoms with Crippen LogP contribution >= 0.6 is 11.6 Å². The summed E-state index contributed by atoms with van der Waals surface area (Å²) in [4.78, 5) is 16.5. The first-order chi connectivity index (χ1) is 9.04. The van der Waals surface area contributed by atoms with E-state index in [1.165, 1.54) is 4.57 Å². The Bertz CT molecular complexity index is 654. The first-order valence-corrected chi connectivity index (χ1v) is 6.41. The molecular formula is C13H15ClN2O3. The van der Waals surface area contributed by atoms with Crippen LogP contribution in [0.15, 0.2) is 23.0 Å². The number of benzene rings is 1. The maximum Gasteiger partial charge on any atom is 0.261 e. The molecule has 102 valence electrons. The number of aliphatic hydroxyl groups is 1. The SMILES string of the molecule is Cc1nc2c(OCC(O)CCl)cccc2c(=O)n1C. The third kappa shape index (κ3) is 2.72. The average molecular weight is 283 g/mol. The largest absolute Gasteiger partial charge is 0.489 e. The minimum absolute atomic E-state index is 0.0680. The van der Waals surface area contributed by atoms with E-state index in [9.17, 15) is 9.90 Å². The van der Waals surface area contributed by atoms with Crippen LogP contribution in [0.1, 0.15) is 5.82 Å². The molecule has 1 aromatic heterocycles. The molecule has 0 fully saturated rings. The number of alkyl halides is 1. The lowest BCUT2D eigenvalue weighted by Gasteiger charge is -2.12. The lowest BCUT2D eigenvalue weighted by molar-refractivity contribution is 0.126. The van der Waals surface area contributed by atoms with Gasteiger partial charge in [0.15, 0.2) is 0 Å². The van der Waals surface area contributed by atoms with E-state index in [4.69, 9.17) is 16.3 Å². The number of halogens is 1. The van der Waals surface area contributed by atoms with Gasteiger partial charge in [-0.1, -0.05) is 6.07 Å². The van der Waals surface area contributed by atoms with Crippen molar-refractivity contribution >= 4 is 22.5 Å². The summed E-state index contributed by atoms with van der Waals surface area (Å²) in [7, 11) is 1.68. The number of para-hydroxylation sites is 1. The zero-order valence-corrected chi connectivity index (χ0v) is 11.5. The highest BCUT2D eigenvalue weighted by molar-refractivity contribution is 6.18. The van der Waals surface area contributed by atoms with Gasteiger partial charge in [0, 0.05) is 7.05 Å².